The van der Waals surface area contributed by atoms with Crippen LogP contribution in [0.5, 0.6) is 0 Å². The second-order valence-electron chi connectivity index (χ2n) is 7.26. The van der Waals surface area contributed by atoms with Gasteiger partial charge in [-0.3, -0.25) is 4.90 Å². The van der Waals surface area contributed by atoms with Crippen molar-refractivity contribution in [3.05, 3.63) is 0 Å². The Hall–Kier alpha value is -0.120. The Morgan fingerprint density at radius 3 is 2.17 bits per heavy atom. The van der Waals surface area contributed by atoms with Crippen molar-refractivity contribution in [3.8, 4) is 0 Å². The number of hydrogen-bond donors (Lipinski definition) is 1. The third kappa shape index (κ3) is 3.25. The molecule has 0 amide bonds. The van der Waals surface area contributed by atoms with E-state index in [-0.39, 0.29) is 0 Å². The maximum absolute atomic E-state index is 5.46. The summed E-state index contributed by atoms with van der Waals surface area (Å²) >= 11 is 0. The highest BCUT2D eigenvalue weighted by molar-refractivity contribution is 4.91. The van der Waals surface area contributed by atoms with Gasteiger partial charge in [0.2, 0.25) is 0 Å². The maximum Gasteiger partial charge on any atom is 0.0594 e. The van der Waals surface area contributed by atoms with E-state index >= 15 is 0 Å². The second kappa shape index (κ2) is 5.48. The molecule has 0 radical (unpaired) electrons. The van der Waals surface area contributed by atoms with Crippen LogP contribution in [0.4, 0.5) is 0 Å². The topological polar surface area (TPSA) is 24.5 Å². The van der Waals surface area contributed by atoms with Crippen LogP contribution in [0.3, 0.4) is 0 Å². The van der Waals surface area contributed by atoms with E-state index in [0.717, 1.165) is 32.2 Å². The zero-order chi connectivity index (χ0) is 13.2. The molecule has 0 spiro atoms. The Kier molecular flexibility index (Phi) is 4.35. The van der Waals surface area contributed by atoms with Crippen molar-refractivity contribution in [3.63, 3.8) is 0 Å². The molecule has 0 unspecified atom stereocenters. The molecule has 0 atom stereocenters. The van der Waals surface area contributed by atoms with Crippen LogP contribution in [0.25, 0.3) is 0 Å². The third-order valence-corrected chi connectivity index (χ3v) is 5.13. The van der Waals surface area contributed by atoms with E-state index in [1.165, 1.54) is 25.9 Å². The first-order valence-electron chi connectivity index (χ1n) is 7.45. The lowest BCUT2D eigenvalue weighted by atomic mass is 9.70. The molecule has 3 nitrogen and oxygen atoms in total. The van der Waals surface area contributed by atoms with Crippen molar-refractivity contribution >= 4 is 0 Å². The predicted molar refractivity (Wildman–Crippen MR) is 75.8 cm³/mol. The van der Waals surface area contributed by atoms with E-state index in [1.54, 1.807) is 0 Å². The molecule has 0 aromatic carbocycles. The first-order chi connectivity index (χ1) is 8.42. The van der Waals surface area contributed by atoms with E-state index < -0.39 is 0 Å². The van der Waals surface area contributed by atoms with Crippen molar-refractivity contribution in [2.45, 2.75) is 46.1 Å². The van der Waals surface area contributed by atoms with Gasteiger partial charge in [0.25, 0.3) is 0 Å². The highest BCUT2D eigenvalue weighted by Crippen LogP contribution is 2.37. The largest absolute Gasteiger partial charge is 0.379 e. The monoisotopic (exact) mass is 254 g/mol. The summed E-state index contributed by atoms with van der Waals surface area (Å²) in [6, 6.07) is 0. The Bertz CT molecular complexity index is 266. The maximum atomic E-state index is 5.46. The molecule has 0 aliphatic carbocycles. The molecule has 2 heterocycles. The molecule has 2 saturated heterocycles. The highest BCUT2D eigenvalue weighted by atomic mass is 16.5. The van der Waals surface area contributed by atoms with Crippen molar-refractivity contribution in [1.29, 1.82) is 0 Å². The summed E-state index contributed by atoms with van der Waals surface area (Å²) in [4.78, 5) is 2.60. The average molecular weight is 254 g/mol. The van der Waals surface area contributed by atoms with E-state index in [1.807, 2.05) is 0 Å². The molecule has 0 aromatic heterocycles. The smallest absolute Gasteiger partial charge is 0.0594 e. The molecule has 0 aromatic rings. The molecule has 0 bridgehead atoms. The Morgan fingerprint density at radius 1 is 1.06 bits per heavy atom. The fourth-order valence-electron chi connectivity index (χ4n) is 3.00. The van der Waals surface area contributed by atoms with Gasteiger partial charge in [-0.25, -0.2) is 0 Å². The first-order valence-corrected chi connectivity index (χ1v) is 7.45. The quantitative estimate of drug-likeness (QED) is 0.813. The predicted octanol–water partition coefficient (Wildman–Crippen LogP) is 2.12. The van der Waals surface area contributed by atoms with Gasteiger partial charge in [-0.05, 0) is 51.1 Å². The molecule has 2 fully saturated rings. The van der Waals surface area contributed by atoms with Gasteiger partial charge in [0.1, 0.15) is 0 Å². The van der Waals surface area contributed by atoms with Gasteiger partial charge < -0.3 is 10.1 Å². The molecule has 2 aliphatic rings. The summed E-state index contributed by atoms with van der Waals surface area (Å²) in [5.41, 5.74) is 0.799. The lowest BCUT2D eigenvalue weighted by molar-refractivity contribution is -0.0192. The van der Waals surface area contributed by atoms with Gasteiger partial charge in [0.15, 0.2) is 0 Å². The molecule has 0 saturated carbocycles. The standard InChI is InChI=1S/C15H30N2O/c1-14(2,13-11-16-12-13)5-6-15(3,4)17-7-9-18-10-8-17/h13,16H,5-12H2,1-4H3. The van der Waals surface area contributed by atoms with E-state index in [2.05, 4.69) is 37.9 Å². The average Bonchev–Trinajstić information content (AvgIpc) is 2.25. The Morgan fingerprint density at radius 2 is 1.67 bits per heavy atom. The minimum absolute atomic E-state index is 0.318. The summed E-state index contributed by atoms with van der Waals surface area (Å²) in [7, 11) is 0. The number of ether oxygens (including phenoxy) is 1. The van der Waals surface area contributed by atoms with Crippen LogP contribution in [0.15, 0.2) is 0 Å². The van der Waals surface area contributed by atoms with Gasteiger partial charge in [-0.15, -0.1) is 0 Å². The molecular weight excluding hydrogens is 224 g/mol. The fraction of sp³-hybridized carbons (Fsp3) is 1.00. The van der Waals surface area contributed by atoms with Gasteiger partial charge in [0.05, 0.1) is 13.2 Å². The minimum atomic E-state index is 0.318. The van der Waals surface area contributed by atoms with E-state index in [0.29, 0.717) is 11.0 Å². The lowest BCUT2D eigenvalue weighted by Crippen LogP contribution is -2.52. The summed E-state index contributed by atoms with van der Waals surface area (Å²) in [6.07, 6.45) is 2.61. The minimum Gasteiger partial charge on any atom is -0.379 e. The van der Waals surface area contributed by atoms with Crippen LogP contribution in [-0.2, 0) is 4.74 Å². The molecule has 2 aliphatic heterocycles. The Balaban J connectivity index is 1.83. The van der Waals surface area contributed by atoms with Crippen LogP contribution in [0.2, 0.25) is 0 Å². The van der Waals surface area contributed by atoms with Crippen molar-refractivity contribution in [2.24, 2.45) is 11.3 Å². The zero-order valence-corrected chi connectivity index (χ0v) is 12.6. The molecular formula is C15H30N2O. The van der Waals surface area contributed by atoms with Gasteiger partial charge in [-0.1, -0.05) is 13.8 Å². The second-order valence-corrected chi connectivity index (χ2v) is 7.26. The highest BCUT2D eigenvalue weighted by Gasteiger charge is 2.36. The van der Waals surface area contributed by atoms with Crippen LogP contribution in [-0.4, -0.2) is 49.8 Å². The number of morpholine rings is 1. The number of hydrogen-bond acceptors (Lipinski definition) is 3. The third-order valence-electron chi connectivity index (χ3n) is 5.13. The van der Waals surface area contributed by atoms with Crippen LogP contribution in [0, 0.1) is 11.3 Å². The van der Waals surface area contributed by atoms with E-state index in [4.69, 9.17) is 4.74 Å². The lowest BCUT2D eigenvalue weighted by Gasteiger charge is -2.45. The molecule has 18 heavy (non-hydrogen) atoms. The van der Waals surface area contributed by atoms with Crippen molar-refractivity contribution in [1.82, 2.24) is 10.2 Å². The number of rotatable bonds is 5. The zero-order valence-electron chi connectivity index (χ0n) is 12.6. The Labute approximate surface area is 112 Å². The fourth-order valence-corrected chi connectivity index (χ4v) is 3.00. The molecule has 1 N–H and O–H groups in total. The van der Waals surface area contributed by atoms with Crippen LogP contribution >= 0.6 is 0 Å². The van der Waals surface area contributed by atoms with Crippen molar-refractivity contribution < 1.29 is 4.74 Å². The van der Waals surface area contributed by atoms with Gasteiger partial charge in [0, 0.05) is 18.6 Å². The van der Waals surface area contributed by atoms with Crippen LogP contribution in [0.1, 0.15) is 40.5 Å². The van der Waals surface area contributed by atoms with Gasteiger partial charge >= 0.3 is 0 Å². The SMILES string of the molecule is CC(C)(CCC(C)(C)N1CCOCC1)C1CNC1. The first kappa shape index (κ1) is 14.3. The summed E-state index contributed by atoms with van der Waals surface area (Å²) in [5, 5.41) is 3.40. The van der Waals surface area contributed by atoms with Crippen LogP contribution < -0.4 is 5.32 Å². The summed E-state index contributed by atoms with van der Waals surface area (Å²) < 4.78 is 5.46. The van der Waals surface area contributed by atoms with Crippen molar-refractivity contribution in [2.75, 3.05) is 39.4 Å². The summed E-state index contributed by atoms with van der Waals surface area (Å²) in [5.74, 6) is 0.873. The number of nitrogens with one attached hydrogen (secondary N) is 1. The number of nitrogens with zero attached hydrogens (tertiary/aromatic N) is 1. The molecule has 3 heteroatoms. The summed E-state index contributed by atoms with van der Waals surface area (Å²) in [6.45, 7) is 16.1. The van der Waals surface area contributed by atoms with E-state index in [9.17, 15) is 0 Å². The van der Waals surface area contributed by atoms with Gasteiger partial charge in [-0.2, -0.15) is 0 Å². The normalized spacial score (nSPS) is 24.0. The molecule has 106 valence electrons. The molecule has 2 rings (SSSR count).